The summed E-state index contributed by atoms with van der Waals surface area (Å²) in [7, 11) is 1.85. The number of hydrogen-bond acceptors (Lipinski definition) is 2. The summed E-state index contributed by atoms with van der Waals surface area (Å²) >= 11 is 0. The predicted molar refractivity (Wildman–Crippen MR) is 53.8 cm³/mol. The molecule has 0 aromatic carbocycles. The fraction of sp³-hybridized carbons (Fsp3) is 1.00. The molecule has 2 aliphatic carbocycles. The van der Waals surface area contributed by atoms with E-state index in [9.17, 15) is 0 Å². The van der Waals surface area contributed by atoms with E-state index in [0.717, 1.165) is 12.0 Å². The van der Waals surface area contributed by atoms with E-state index in [1.807, 2.05) is 7.11 Å². The molecule has 0 saturated heterocycles. The highest BCUT2D eigenvalue weighted by Gasteiger charge is 2.36. The monoisotopic (exact) mass is 183 g/mol. The first-order valence-corrected chi connectivity index (χ1v) is 5.60. The molecule has 2 rings (SSSR count). The lowest BCUT2D eigenvalue weighted by Gasteiger charge is -2.31. The van der Waals surface area contributed by atoms with E-state index in [-0.39, 0.29) is 0 Å². The topological polar surface area (TPSA) is 21.3 Å². The molecule has 0 aromatic rings. The largest absolute Gasteiger partial charge is 0.380 e. The number of methoxy groups -OCH3 is 1. The Kier molecular flexibility index (Phi) is 2.89. The van der Waals surface area contributed by atoms with Gasteiger partial charge in [0, 0.05) is 19.2 Å². The Morgan fingerprint density at radius 3 is 2.46 bits per heavy atom. The first kappa shape index (κ1) is 9.47. The molecule has 0 spiro atoms. The van der Waals surface area contributed by atoms with E-state index in [0.29, 0.717) is 12.1 Å². The zero-order chi connectivity index (χ0) is 9.26. The van der Waals surface area contributed by atoms with Gasteiger partial charge in [-0.3, -0.25) is 0 Å². The van der Waals surface area contributed by atoms with Crippen LogP contribution in [-0.4, -0.2) is 25.3 Å². The Balaban J connectivity index is 1.80. The molecular weight excluding hydrogens is 162 g/mol. The van der Waals surface area contributed by atoms with Crippen molar-refractivity contribution in [2.75, 3.05) is 7.11 Å². The van der Waals surface area contributed by atoms with Crippen LogP contribution in [0.2, 0.25) is 0 Å². The molecular formula is C11H21NO. The van der Waals surface area contributed by atoms with Crippen LogP contribution in [0, 0.1) is 5.92 Å². The molecule has 0 heterocycles. The van der Waals surface area contributed by atoms with Gasteiger partial charge in [-0.05, 0) is 25.2 Å². The second-order valence-electron chi connectivity index (χ2n) is 4.65. The maximum atomic E-state index is 5.51. The van der Waals surface area contributed by atoms with Crippen molar-refractivity contribution in [2.45, 2.75) is 57.2 Å². The van der Waals surface area contributed by atoms with E-state index < -0.39 is 0 Å². The van der Waals surface area contributed by atoms with Crippen molar-refractivity contribution in [3.63, 3.8) is 0 Å². The van der Waals surface area contributed by atoms with Gasteiger partial charge in [0.05, 0.1) is 6.10 Å². The van der Waals surface area contributed by atoms with E-state index in [4.69, 9.17) is 4.74 Å². The Bertz CT molecular complexity index is 171. The van der Waals surface area contributed by atoms with Crippen molar-refractivity contribution < 1.29 is 4.74 Å². The summed E-state index contributed by atoms with van der Waals surface area (Å²) in [5.74, 6) is 0.902. The van der Waals surface area contributed by atoms with Gasteiger partial charge in [0.1, 0.15) is 0 Å². The van der Waals surface area contributed by atoms with Crippen molar-refractivity contribution in [2.24, 2.45) is 5.92 Å². The van der Waals surface area contributed by atoms with Gasteiger partial charge in [0.2, 0.25) is 0 Å². The number of rotatable bonds is 3. The lowest BCUT2D eigenvalue weighted by atomic mass is 9.92. The van der Waals surface area contributed by atoms with Crippen LogP contribution in [0.4, 0.5) is 0 Å². The van der Waals surface area contributed by atoms with Crippen molar-refractivity contribution in [1.82, 2.24) is 5.32 Å². The minimum atomic E-state index is 0.474. The summed E-state index contributed by atoms with van der Waals surface area (Å²) < 4.78 is 5.51. The first-order chi connectivity index (χ1) is 6.31. The molecule has 0 aromatic heterocycles. The zero-order valence-electron chi connectivity index (χ0n) is 8.75. The van der Waals surface area contributed by atoms with Gasteiger partial charge in [-0.1, -0.05) is 19.8 Å². The van der Waals surface area contributed by atoms with Crippen molar-refractivity contribution in [3.8, 4) is 0 Å². The second-order valence-corrected chi connectivity index (χ2v) is 4.65. The molecule has 2 saturated carbocycles. The predicted octanol–water partition coefficient (Wildman–Crippen LogP) is 1.94. The molecule has 2 heteroatoms. The van der Waals surface area contributed by atoms with Gasteiger partial charge < -0.3 is 10.1 Å². The van der Waals surface area contributed by atoms with Gasteiger partial charge in [-0.15, -0.1) is 0 Å². The van der Waals surface area contributed by atoms with E-state index >= 15 is 0 Å². The highest BCUT2D eigenvalue weighted by molar-refractivity contribution is 4.94. The third-order valence-corrected chi connectivity index (χ3v) is 3.54. The molecule has 76 valence electrons. The molecule has 0 aliphatic heterocycles. The van der Waals surface area contributed by atoms with Crippen LogP contribution in [0.25, 0.3) is 0 Å². The molecule has 13 heavy (non-hydrogen) atoms. The summed E-state index contributed by atoms with van der Waals surface area (Å²) in [6, 6.07) is 1.43. The highest BCUT2D eigenvalue weighted by atomic mass is 16.5. The fourth-order valence-electron chi connectivity index (χ4n) is 2.40. The second kappa shape index (κ2) is 3.97. The minimum absolute atomic E-state index is 0.474. The normalized spacial score (nSPS) is 44.8. The summed E-state index contributed by atoms with van der Waals surface area (Å²) in [6.45, 7) is 2.32. The quantitative estimate of drug-likeness (QED) is 0.722. The molecule has 4 unspecified atom stereocenters. The Labute approximate surface area is 81.0 Å². The van der Waals surface area contributed by atoms with E-state index in [1.165, 1.54) is 32.1 Å². The SMILES string of the molecule is COC1CCCCC1NC1CC1C. The van der Waals surface area contributed by atoms with Crippen LogP contribution in [0.3, 0.4) is 0 Å². The summed E-state index contributed by atoms with van der Waals surface area (Å²) in [4.78, 5) is 0. The van der Waals surface area contributed by atoms with E-state index in [2.05, 4.69) is 12.2 Å². The average Bonchev–Trinajstić information content (AvgIpc) is 2.83. The molecule has 2 nitrogen and oxygen atoms in total. The standard InChI is InChI=1S/C11H21NO/c1-8-7-10(8)12-9-5-3-4-6-11(9)13-2/h8-12H,3-7H2,1-2H3. The average molecular weight is 183 g/mol. The van der Waals surface area contributed by atoms with Crippen molar-refractivity contribution >= 4 is 0 Å². The van der Waals surface area contributed by atoms with Crippen molar-refractivity contribution in [3.05, 3.63) is 0 Å². The van der Waals surface area contributed by atoms with Crippen LogP contribution < -0.4 is 5.32 Å². The Morgan fingerprint density at radius 2 is 1.85 bits per heavy atom. The third-order valence-electron chi connectivity index (χ3n) is 3.54. The molecule has 4 atom stereocenters. The lowest BCUT2D eigenvalue weighted by Crippen LogP contribution is -2.44. The van der Waals surface area contributed by atoms with Crippen LogP contribution in [0.1, 0.15) is 39.0 Å². The molecule has 0 bridgehead atoms. The molecule has 2 fully saturated rings. The van der Waals surface area contributed by atoms with Gasteiger partial charge in [-0.2, -0.15) is 0 Å². The molecule has 0 amide bonds. The van der Waals surface area contributed by atoms with Crippen LogP contribution >= 0.6 is 0 Å². The Morgan fingerprint density at radius 1 is 1.15 bits per heavy atom. The van der Waals surface area contributed by atoms with Gasteiger partial charge in [0.25, 0.3) is 0 Å². The number of nitrogens with one attached hydrogen (secondary N) is 1. The first-order valence-electron chi connectivity index (χ1n) is 5.60. The maximum Gasteiger partial charge on any atom is 0.0724 e. The van der Waals surface area contributed by atoms with Gasteiger partial charge in [-0.25, -0.2) is 0 Å². The number of hydrogen-bond donors (Lipinski definition) is 1. The van der Waals surface area contributed by atoms with Gasteiger partial charge in [0.15, 0.2) is 0 Å². The highest BCUT2D eigenvalue weighted by Crippen LogP contribution is 2.32. The summed E-state index contributed by atoms with van der Waals surface area (Å²) in [5.41, 5.74) is 0. The van der Waals surface area contributed by atoms with Gasteiger partial charge >= 0.3 is 0 Å². The van der Waals surface area contributed by atoms with E-state index in [1.54, 1.807) is 0 Å². The van der Waals surface area contributed by atoms with Crippen molar-refractivity contribution in [1.29, 1.82) is 0 Å². The minimum Gasteiger partial charge on any atom is -0.380 e. The maximum absolute atomic E-state index is 5.51. The lowest BCUT2D eigenvalue weighted by molar-refractivity contribution is 0.0408. The fourth-order valence-corrected chi connectivity index (χ4v) is 2.40. The van der Waals surface area contributed by atoms with Crippen LogP contribution in [0.5, 0.6) is 0 Å². The van der Waals surface area contributed by atoms with Crippen LogP contribution in [0.15, 0.2) is 0 Å². The molecule has 0 radical (unpaired) electrons. The smallest absolute Gasteiger partial charge is 0.0724 e. The summed E-state index contributed by atoms with van der Waals surface area (Å²) in [6.07, 6.45) is 7.11. The third kappa shape index (κ3) is 2.23. The molecule has 2 aliphatic rings. The summed E-state index contributed by atoms with van der Waals surface area (Å²) in [5, 5.41) is 3.72. The Hall–Kier alpha value is -0.0800. The zero-order valence-corrected chi connectivity index (χ0v) is 8.75. The molecule has 1 N–H and O–H groups in total. The van der Waals surface area contributed by atoms with Crippen LogP contribution in [-0.2, 0) is 4.74 Å². The number of ether oxygens (including phenoxy) is 1.